The largest absolute Gasteiger partial charge is 0.394 e. The highest BCUT2D eigenvalue weighted by Gasteiger charge is 2.32. The highest BCUT2D eigenvalue weighted by molar-refractivity contribution is 4.92. The molecular formula is C15H29NO2. The van der Waals surface area contributed by atoms with Gasteiger partial charge < -0.3 is 15.2 Å². The Labute approximate surface area is 111 Å². The molecule has 0 spiro atoms. The van der Waals surface area contributed by atoms with Gasteiger partial charge in [-0.2, -0.15) is 0 Å². The maximum atomic E-state index is 9.53. The normalized spacial score (nSPS) is 32.2. The molecule has 0 radical (unpaired) electrons. The summed E-state index contributed by atoms with van der Waals surface area (Å²) in [6.45, 7) is 5.38. The van der Waals surface area contributed by atoms with Gasteiger partial charge in [0.2, 0.25) is 0 Å². The number of aliphatic hydroxyl groups excluding tert-OH is 1. The molecule has 18 heavy (non-hydrogen) atoms. The van der Waals surface area contributed by atoms with E-state index in [0.717, 1.165) is 13.0 Å². The molecule has 3 unspecified atom stereocenters. The van der Waals surface area contributed by atoms with E-state index in [9.17, 15) is 5.11 Å². The monoisotopic (exact) mass is 255 g/mol. The van der Waals surface area contributed by atoms with Crippen LogP contribution in [0.5, 0.6) is 0 Å². The number of aliphatic hydroxyl groups is 1. The van der Waals surface area contributed by atoms with Gasteiger partial charge in [-0.05, 0) is 44.9 Å². The van der Waals surface area contributed by atoms with Crippen LogP contribution in [0.25, 0.3) is 0 Å². The third-order valence-corrected chi connectivity index (χ3v) is 4.50. The quantitative estimate of drug-likeness (QED) is 0.734. The van der Waals surface area contributed by atoms with Gasteiger partial charge >= 0.3 is 0 Å². The summed E-state index contributed by atoms with van der Waals surface area (Å²) in [6.07, 6.45) is 9.07. The first-order valence-corrected chi connectivity index (χ1v) is 7.63. The van der Waals surface area contributed by atoms with Crippen molar-refractivity contribution in [2.24, 2.45) is 5.92 Å². The lowest BCUT2D eigenvalue weighted by Gasteiger charge is -2.32. The number of hydrogen-bond acceptors (Lipinski definition) is 3. The van der Waals surface area contributed by atoms with Gasteiger partial charge in [-0.25, -0.2) is 0 Å². The van der Waals surface area contributed by atoms with Gasteiger partial charge in [-0.1, -0.05) is 19.8 Å². The first kappa shape index (κ1) is 14.3. The van der Waals surface area contributed by atoms with Gasteiger partial charge in [-0.3, -0.25) is 0 Å². The van der Waals surface area contributed by atoms with Crippen LogP contribution in [0.3, 0.4) is 0 Å². The molecule has 0 heterocycles. The average Bonchev–Trinajstić information content (AvgIpc) is 3.15. The van der Waals surface area contributed by atoms with Crippen LogP contribution in [0.15, 0.2) is 0 Å². The van der Waals surface area contributed by atoms with Gasteiger partial charge in [0, 0.05) is 18.2 Å². The summed E-state index contributed by atoms with van der Waals surface area (Å²) in [5, 5.41) is 13.1. The zero-order chi connectivity index (χ0) is 13.0. The number of nitrogens with one attached hydrogen (secondary N) is 1. The summed E-state index contributed by atoms with van der Waals surface area (Å²) >= 11 is 0. The summed E-state index contributed by atoms with van der Waals surface area (Å²) < 4.78 is 6.04. The van der Waals surface area contributed by atoms with E-state index in [4.69, 9.17) is 4.74 Å². The van der Waals surface area contributed by atoms with E-state index in [1.54, 1.807) is 0 Å². The SMILES string of the molecule is CC1CCCCC1OCCC(C)(CO)NC1CC1. The van der Waals surface area contributed by atoms with Crippen molar-refractivity contribution < 1.29 is 9.84 Å². The second-order valence-corrected chi connectivity index (χ2v) is 6.56. The molecule has 106 valence electrons. The van der Waals surface area contributed by atoms with Crippen molar-refractivity contribution in [1.82, 2.24) is 5.32 Å². The minimum Gasteiger partial charge on any atom is -0.394 e. The third kappa shape index (κ3) is 4.22. The van der Waals surface area contributed by atoms with Crippen LogP contribution in [0.4, 0.5) is 0 Å². The van der Waals surface area contributed by atoms with Crippen LogP contribution in [-0.4, -0.2) is 36.0 Å². The van der Waals surface area contributed by atoms with Crippen LogP contribution in [0.2, 0.25) is 0 Å². The van der Waals surface area contributed by atoms with E-state index in [-0.39, 0.29) is 12.1 Å². The molecule has 0 amide bonds. The fourth-order valence-electron chi connectivity index (χ4n) is 2.88. The standard InChI is InChI=1S/C15H29NO2/c1-12-5-3-4-6-14(12)18-10-9-15(2,11-17)16-13-7-8-13/h12-14,16-17H,3-11H2,1-2H3. The molecule has 0 saturated heterocycles. The van der Waals surface area contributed by atoms with Crippen molar-refractivity contribution in [3.63, 3.8) is 0 Å². The van der Waals surface area contributed by atoms with Crippen molar-refractivity contribution in [3.05, 3.63) is 0 Å². The molecule has 0 aromatic heterocycles. The highest BCUT2D eigenvalue weighted by atomic mass is 16.5. The Kier molecular flexibility index (Phi) is 5.05. The Bertz CT molecular complexity index is 255. The summed E-state index contributed by atoms with van der Waals surface area (Å²) in [5.74, 6) is 0.704. The third-order valence-electron chi connectivity index (χ3n) is 4.50. The molecule has 0 bridgehead atoms. The Morgan fingerprint density at radius 1 is 1.22 bits per heavy atom. The van der Waals surface area contributed by atoms with Crippen LogP contribution in [0.1, 0.15) is 58.8 Å². The molecule has 2 N–H and O–H groups in total. The molecular weight excluding hydrogens is 226 g/mol. The van der Waals surface area contributed by atoms with Crippen molar-refractivity contribution in [2.75, 3.05) is 13.2 Å². The second-order valence-electron chi connectivity index (χ2n) is 6.56. The molecule has 3 nitrogen and oxygen atoms in total. The van der Waals surface area contributed by atoms with E-state index in [1.165, 1.54) is 38.5 Å². The second kappa shape index (κ2) is 6.36. The summed E-state index contributed by atoms with van der Waals surface area (Å²) in [6, 6.07) is 0.635. The maximum Gasteiger partial charge on any atom is 0.0611 e. The predicted octanol–water partition coefficient (Wildman–Crippen LogP) is 2.47. The van der Waals surface area contributed by atoms with Gasteiger partial charge in [0.15, 0.2) is 0 Å². The topological polar surface area (TPSA) is 41.5 Å². The molecule has 2 saturated carbocycles. The van der Waals surface area contributed by atoms with Crippen molar-refractivity contribution in [3.8, 4) is 0 Å². The van der Waals surface area contributed by atoms with E-state index in [1.807, 2.05) is 0 Å². The lowest BCUT2D eigenvalue weighted by atomic mass is 9.88. The Morgan fingerprint density at radius 3 is 2.56 bits per heavy atom. The predicted molar refractivity (Wildman–Crippen MR) is 73.6 cm³/mol. The highest BCUT2D eigenvalue weighted by Crippen LogP contribution is 2.27. The van der Waals surface area contributed by atoms with Crippen molar-refractivity contribution in [1.29, 1.82) is 0 Å². The number of ether oxygens (including phenoxy) is 1. The van der Waals surface area contributed by atoms with Gasteiger partial charge in [0.05, 0.1) is 12.7 Å². The molecule has 2 rings (SSSR count). The molecule has 3 atom stereocenters. The number of rotatable bonds is 7. The van der Waals surface area contributed by atoms with Gasteiger partial charge in [0.25, 0.3) is 0 Å². The fraction of sp³-hybridized carbons (Fsp3) is 1.00. The first-order chi connectivity index (χ1) is 8.63. The fourth-order valence-corrected chi connectivity index (χ4v) is 2.88. The Morgan fingerprint density at radius 2 is 1.94 bits per heavy atom. The summed E-state index contributed by atoms with van der Waals surface area (Å²) in [7, 11) is 0. The van der Waals surface area contributed by atoms with E-state index in [0.29, 0.717) is 18.1 Å². The molecule has 0 aromatic carbocycles. The molecule has 0 aliphatic heterocycles. The molecule has 0 aromatic rings. The smallest absolute Gasteiger partial charge is 0.0611 e. The zero-order valence-electron chi connectivity index (χ0n) is 12.0. The Balaban J connectivity index is 1.68. The molecule has 2 aliphatic carbocycles. The van der Waals surface area contributed by atoms with E-state index in [2.05, 4.69) is 19.2 Å². The van der Waals surface area contributed by atoms with Gasteiger partial charge in [-0.15, -0.1) is 0 Å². The Hall–Kier alpha value is -0.120. The lowest BCUT2D eigenvalue weighted by molar-refractivity contribution is -0.0173. The molecule has 2 aliphatic rings. The first-order valence-electron chi connectivity index (χ1n) is 7.63. The summed E-state index contributed by atoms with van der Waals surface area (Å²) in [4.78, 5) is 0. The molecule has 3 heteroatoms. The average molecular weight is 255 g/mol. The maximum absolute atomic E-state index is 9.53. The van der Waals surface area contributed by atoms with E-state index < -0.39 is 0 Å². The molecule has 2 fully saturated rings. The van der Waals surface area contributed by atoms with Gasteiger partial charge in [0.1, 0.15) is 0 Å². The van der Waals surface area contributed by atoms with Crippen molar-refractivity contribution in [2.45, 2.75) is 76.5 Å². The van der Waals surface area contributed by atoms with Crippen LogP contribution in [-0.2, 0) is 4.74 Å². The minimum absolute atomic E-state index is 0.154. The van der Waals surface area contributed by atoms with Crippen LogP contribution < -0.4 is 5.32 Å². The van der Waals surface area contributed by atoms with Crippen LogP contribution in [0, 0.1) is 5.92 Å². The summed E-state index contributed by atoms with van der Waals surface area (Å²) in [5.41, 5.74) is -0.154. The zero-order valence-corrected chi connectivity index (χ0v) is 12.0. The van der Waals surface area contributed by atoms with E-state index >= 15 is 0 Å². The van der Waals surface area contributed by atoms with Crippen molar-refractivity contribution >= 4 is 0 Å². The lowest BCUT2D eigenvalue weighted by Crippen LogP contribution is -2.48. The minimum atomic E-state index is -0.154. The number of hydrogen-bond donors (Lipinski definition) is 2. The van der Waals surface area contributed by atoms with Crippen LogP contribution >= 0.6 is 0 Å².